The van der Waals surface area contributed by atoms with Crippen molar-refractivity contribution < 1.29 is 0 Å². The topological polar surface area (TPSA) is 25.8 Å². The van der Waals surface area contributed by atoms with E-state index in [1.807, 2.05) is 6.07 Å². The minimum Gasteiger partial charge on any atom is -0.233 e. The van der Waals surface area contributed by atoms with Crippen molar-refractivity contribution in [2.75, 3.05) is 0 Å². The van der Waals surface area contributed by atoms with Crippen LogP contribution in [0.1, 0.15) is 29.7 Å². The van der Waals surface area contributed by atoms with Crippen molar-refractivity contribution in [2.24, 2.45) is 0 Å². The third-order valence-corrected chi connectivity index (χ3v) is 4.73. The lowest BCUT2D eigenvalue weighted by Gasteiger charge is -2.16. The monoisotopic (exact) mass is 336 g/mol. The predicted octanol–water partition coefficient (Wildman–Crippen LogP) is 4.75. The third kappa shape index (κ3) is 2.54. The summed E-state index contributed by atoms with van der Waals surface area (Å²) < 4.78 is 1.07. The number of rotatable bonds is 1. The van der Waals surface area contributed by atoms with Crippen LogP contribution in [-0.4, -0.2) is 9.97 Å². The SMILES string of the molecule is Cc1ccc(-c2nc(Cl)c3c(n2)CCCC3)cc1Br. The molecule has 1 aliphatic rings. The van der Waals surface area contributed by atoms with E-state index in [1.165, 1.54) is 18.4 Å². The number of aryl methyl sites for hydroxylation is 2. The average molecular weight is 338 g/mol. The number of hydrogen-bond donors (Lipinski definition) is 0. The highest BCUT2D eigenvalue weighted by Gasteiger charge is 2.17. The molecule has 0 saturated carbocycles. The first-order chi connectivity index (χ1) is 9.15. The van der Waals surface area contributed by atoms with Gasteiger partial charge in [0.2, 0.25) is 0 Å². The van der Waals surface area contributed by atoms with Gasteiger partial charge in [-0.1, -0.05) is 39.7 Å². The molecule has 1 aromatic carbocycles. The minimum absolute atomic E-state index is 0.622. The van der Waals surface area contributed by atoms with E-state index in [-0.39, 0.29) is 0 Å². The van der Waals surface area contributed by atoms with Gasteiger partial charge in [-0.25, -0.2) is 9.97 Å². The average Bonchev–Trinajstić information content (AvgIpc) is 2.42. The first-order valence-corrected chi connectivity index (χ1v) is 7.64. The molecule has 3 rings (SSSR count). The maximum absolute atomic E-state index is 6.31. The van der Waals surface area contributed by atoms with Crippen molar-refractivity contribution in [3.63, 3.8) is 0 Å². The summed E-state index contributed by atoms with van der Waals surface area (Å²) >= 11 is 9.85. The van der Waals surface area contributed by atoms with Gasteiger partial charge in [0.05, 0.1) is 0 Å². The molecule has 0 fully saturated rings. The largest absolute Gasteiger partial charge is 0.233 e. The molecule has 0 N–H and O–H groups in total. The fourth-order valence-electron chi connectivity index (χ4n) is 2.41. The van der Waals surface area contributed by atoms with E-state index < -0.39 is 0 Å². The zero-order valence-electron chi connectivity index (χ0n) is 10.7. The predicted molar refractivity (Wildman–Crippen MR) is 81.6 cm³/mol. The lowest BCUT2D eigenvalue weighted by Crippen LogP contribution is -2.08. The number of nitrogens with zero attached hydrogens (tertiary/aromatic N) is 2. The van der Waals surface area contributed by atoms with Gasteiger partial charge < -0.3 is 0 Å². The standard InChI is InChI=1S/C15H14BrClN2/c1-9-6-7-10(8-12(9)16)15-18-13-5-3-2-4-11(13)14(17)19-15/h6-8H,2-5H2,1H3. The van der Waals surface area contributed by atoms with Gasteiger partial charge in [0.1, 0.15) is 5.15 Å². The Labute approximate surface area is 126 Å². The van der Waals surface area contributed by atoms with E-state index in [2.05, 4.69) is 40.0 Å². The fraction of sp³-hybridized carbons (Fsp3) is 0.333. The van der Waals surface area contributed by atoms with Crippen LogP contribution < -0.4 is 0 Å². The second-order valence-corrected chi connectivity index (χ2v) is 6.15. The van der Waals surface area contributed by atoms with E-state index in [0.29, 0.717) is 5.15 Å². The van der Waals surface area contributed by atoms with E-state index in [1.54, 1.807) is 0 Å². The summed E-state index contributed by atoms with van der Waals surface area (Å²) in [4.78, 5) is 9.16. The van der Waals surface area contributed by atoms with Gasteiger partial charge in [-0.05, 0) is 44.2 Å². The van der Waals surface area contributed by atoms with E-state index in [0.717, 1.165) is 40.0 Å². The van der Waals surface area contributed by atoms with Gasteiger partial charge in [0.15, 0.2) is 5.82 Å². The Morgan fingerprint density at radius 2 is 1.95 bits per heavy atom. The van der Waals surface area contributed by atoms with Crippen molar-refractivity contribution in [1.29, 1.82) is 0 Å². The van der Waals surface area contributed by atoms with Crippen LogP contribution in [0.15, 0.2) is 22.7 Å². The molecule has 4 heteroatoms. The number of fused-ring (bicyclic) bond motifs is 1. The number of halogens is 2. The zero-order chi connectivity index (χ0) is 13.4. The second kappa shape index (κ2) is 5.22. The van der Waals surface area contributed by atoms with Crippen molar-refractivity contribution in [1.82, 2.24) is 9.97 Å². The summed E-state index contributed by atoms with van der Waals surface area (Å²) in [5, 5.41) is 0.622. The molecule has 0 bridgehead atoms. The number of aromatic nitrogens is 2. The highest BCUT2D eigenvalue weighted by molar-refractivity contribution is 9.10. The van der Waals surface area contributed by atoms with Crippen LogP contribution >= 0.6 is 27.5 Å². The molecule has 0 radical (unpaired) electrons. The Morgan fingerprint density at radius 3 is 2.74 bits per heavy atom. The lowest BCUT2D eigenvalue weighted by molar-refractivity contribution is 0.663. The van der Waals surface area contributed by atoms with E-state index >= 15 is 0 Å². The summed E-state index contributed by atoms with van der Waals surface area (Å²) in [6.07, 6.45) is 4.40. The molecule has 0 saturated heterocycles. The fourth-order valence-corrected chi connectivity index (χ4v) is 3.07. The molecule has 0 unspecified atom stereocenters. The van der Waals surface area contributed by atoms with Gasteiger partial charge in [0, 0.05) is 21.3 Å². The lowest BCUT2D eigenvalue weighted by atomic mass is 9.97. The molecule has 0 atom stereocenters. The van der Waals surface area contributed by atoms with Crippen LogP contribution in [0.5, 0.6) is 0 Å². The van der Waals surface area contributed by atoms with Crippen LogP contribution in [0.3, 0.4) is 0 Å². The van der Waals surface area contributed by atoms with Gasteiger partial charge in [0.25, 0.3) is 0 Å². The van der Waals surface area contributed by atoms with Gasteiger partial charge in [-0.3, -0.25) is 0 Å². The van der Waals surface area contributed by atoms with Crippen LogP contribution in [0.4, 0.5) is 0 Å². The first-order valence-electron chi connectivity index (χ1n) is 6.47. The Balaban J connectivity index is 2.10. The molecule has 1 aliphatic carbocycles. The Hall–Kier alpha value is -0.930. The molecule has 2 nitrogen and oxygen atoms in total. The molecule has 19 heavy (non-hydrogen) atoms. The van der Waals surface area contributed by atoms with Crippen molar-refractivity contribution >= 4 is 27.5 Å². The van der Waals surface area contributed by atoms with Crippen LogP contribution in [-0.2, 0) is 12.8 Å². The molecular weight excluding hydrogens is 324 g/mol. The smallest absolute Gasteiger partial charge is 0.161 e. The summed E-state index contributed by atoms with van der Waals surface area (Å²) in [5.74, 6) is 0.728. The summed E-state index contributed by atoms with van der Waals surface area (Å²) in [6, 6.07) is 6.16. The van der Waals surface area contributed by atoms with Crippen LogP contribution in [0.25, 0.3) is 11.4 Å². The van der Waals surface area contributed by atoms with E-state index in [9.17, 15) is 0 Å². The van der Waals surface area contributed by atoms with Crippen LogP contribution in [0, 0.1) is 6.92 Å². The first kappa shape index (κ1) is 13.1. The van der Waals surface area contributed by atoms with Gasteiger partial charge in [-0.15, -0.1) is 0 Å². The molecule has 1 aromatic heterocycles. The molecule has 98 valence electrons. The van der Waals surface area contributed by atoms with Gasteiger partial charge >= 0.3 is 0 Å². The third-order valence-electron chi connectivity index (χ3n) is 3.56. The van der Waals surface area contributed by atoms with E-state index in [4.69, 9.17) is 16.6 Å². The maximum Gasteiger partial charge on any atom is 0.161 e. The van der Waals surface area contributed by atoms with Crippen LogP contribution in [0.2, 0.25) is 5.15 Å². The van der Waals surface area contributed by atoms with Crippen molar-refractivity contribution in [3.8, 4) is 11.4 Å². The summed E-state index contributed by atoms with van der Waals surface area (Å²) in [6.45, 7) is 2.06. The number of benzene rings is 1. The normalized spacial score (nSPS) is 14.3. The highest BCUT2D eigenvalue weighted by atomic mass is 79.9. The second-order valence-electron chi connectivity index (χ2n) is 4.93. The molecule has 0 spiro atoms. The molecule has 0 aliphatic heterocycles. The zero-order valence-corrected chi connectivity index (χ0v) is 13.1. The maximum atomic E-state index is 6.31. The highest BCUT2D eigenvalue weighted by Crippen LogP contribution is 2.29. The van der Waals surface area contributed by atoms with Gasteiger partial charge in [-0.2, -0.15) is 0 Å². The quantitative estimate of drug-likeness (QED) is 0.702. The summed E-state index contributed by atoms with van der Waals surface area (Å²) in [7, 11) is 0. The Kier molecular flexibility index (Phi) is 3.59. The molecular formula is C15H14BrClN2. The number of hydrogen-bond acceptors (Lipinski definition) is 2. The Morgan fingerprint density at radius 1 is 1.16 bits per heavy atom. The van der Waals surface area contributed by atoms with Crippen molar-refractivity contribution in [3.05, 3.63) is 44.6 Å². The molecule has 0 amide bonds. The van der Waals surface area contributed by atoms with Crippen molar-refractivity contribution in [2.45, 2.75) is 32.6 Å². The summed E-state index contributed by atoms with van der Waals surface area (Å²) in [5.41, 5.74) is 4.47. The minimum atomic E-state index is 0.622. The molecule has 2 aromatic rings. The Bertz CT molecular complexity index is 640. The molecule has 1 heterocycles.